The van der Waals surface area contributed by atoms with Crippen LogP contribution < -0.4 is 10.6 Å². The molecule has 6 nitrogen and oxygen atoms in total. The van der Waals surface area contributed by atoms with Crippen LogP contribution in [0.2, 0.25) is 0 Å². The minimum atomic E-state index is -4.53. The van der Waals surface area contributed by atoms with Crippen molar-refractivity contribution in [3.63, 3.8) is 0 Å². The van der Waals surface area contributed by atoms with E-state index in [1.807, 2.05) is 0 Å². The summed E-state index contributed by atoms with van der Waals surface area (Å²) in [5, 5.41) is 5.27. The summed E-state index contributed by atoms with van der Waals surface area (Å²) in [6.07, 6.45) is -1.41. The van der Waals surface area contributed by atoms with Gasteiger partial charge in [-0.25, -0.2) is 0 Å². The molecular weight excluding hydrogens is 429 g/mol. The van der Waals surface area contributed by atoms with Gasteiger partial charge in [-0.1, -0.05) is 24.3 Å². The Hall–Kier alpha value is -3.27. The maximum atomic E-state index is 13.2. The van der Waals surface area contributed by atoms with E-state index in [-0.39, 0.29) is 34.5 Å². The van der Waals surface area contributed by atoms with Gasteiger partial charge >= 0.3 is 6.18 Å². The first-order valence-electron chi connectivity index (χ1n) is 9.50. The number of carbonyl (C=O) groups excluding carboxylic acids is 2. The van der Waals surface area contributed by atoms with E-state index in [0.717, 1.165) is 30.4 Å². The number of aromatic nitrogens is 2. The number of hydrogen-bond acceptors (Lipinski definition) is 5. The van der Waals surface area contributed by atoms with Gasteiger partial charge in [0.25, 0.3) is 5.91 Å². The third-order valence-electron chi connectivity index (χ3n) is 4.76. The maximum Gasteiger partial charge on any atom is 0.416 e. The van der Waals surface area contributed by atoms with Gasteiger partial charge in [-0.2, -0.15) is 17.5 Å². The van der Waals surface area contributed by atoms with Crippen LogP contribution in [-0.2, 0) is 17.5 Å². The number of benzene rings is 1. The highest BCUT2D eigenvalue weighted by Crippen LogP contribution is 2.36. The molecule has 2 amide bonds. The van der Waals surface area contributed by atoms with Crippen molar-refractivity contribution in [1.82, 2.24) is 14.7 Å². The van der Waals surface area contributed by atoms with Crippen molar-refractivity contribution in [2.75, 3.05) is 5.32 Å². The number of halogens is 3. The Morgan fingerprint density at radius 3 is 2.52 bits per heavy atom. The average Bonchev–Trinajstić information content (AvgIpc) is 3.53. The van der Waals surface area contributed by atoms with Crippen LogP contribution >= 0.6 is 11.5 Å². The molecule has 0 atom stereocenters. The molecule has 1 aliphatic carbocycles. The Morgan fingerprint density at radius 2 is 1.84 bits per heavy atom. The first kappa shape index (κ1) is 21.0. The lowest BCUT2D eigenvalue weighted by atomic mass is 10.1. The van der Waals surface area contributed by atoms with Crippen LogP contribution in [0.5, 0.6) is 0 Å². The SMILES string of the molecule is O=C(NCc1ccccc1C(F)(F)F)c1snc(-c2ccccn2)c1NC(=O)C1CC1. The first-order valence-corrected chi connectivity index (χ1v) is 10.3. The standard InChI is InChI=1S/C21H17F3N4O2S/c22-21(23,24)14-6-2-1-5-13(14)11-26-20(30)18-17(27-19(29)12-8-9-12)16(28-31-18)15-7-3-4-10-25-15/h1-7,10,12H,8-9,11H2,(H,26,30)(H,27,29). The molecule has 0 radical (unpaired) electrons. The lowest BCUT2D eigenvalue weighted by Gasteiger charge is -2.13. The smallest absolute Gasteiger partial charge is 0.347 e. The predicted molar refractivity (Wildman–Crippen MR) is 109 cm³/mol. The Kier molecular flexibility index (Phi) is 5.73. The Balaban J connectivity index is 1.59. The van der Waals surface area contributed by atoms with Crippen LogP contribution in [0, 0.1) is 5.92 Å². The van der Waals surface area contributed by atoms with Gasteiger partial charge in [0.05, 0.1) is 16.9 Å². The van der Waals surface area contributed by atoms with Gasteiger partial charge in [-0.05, 0) is 48.1 Å². The molecule has 0 bridgehead atoms. The topological polar surface area (TPSA) is 84.0 Å². The second-order valence-corrected chi connectivity index (χ2v) is 7.82. The summed E-state index contributed by atoms with van der Waals surface area (Å²) in [5.74, 6) is -0.942. The summed E-state index contributed by atoms with van der Waals surface area (Å²) in [6.45, 7) is -0.318. The van der Waals surface area contributed by atoms with Gasteiger partial charge in [-0.3, -0.25) is 14.6 Å². The van der Waals surface area contributed by atoms with Gasteiger partial charge in [0.2, 0.25) is 5.91 Å². The minimum Gasteiger partial charge on any atom is -0.347 e. The largest absolute Gasteiger partial charge is 0.416 e. The van der Waals surface area contributed by atoms with Gasteiger partial charge < -0.3 is 10.6 Å². The molecule has 160 valence electrons. The number of pyridine rings is 1. The highest BCUT2D eigenvalue weighted by atomic mass is 32.1. The van der Waals surface area contributed by atoms with Crippen LogP contribution in [0.15, 0.2) is 48.7 Å². The van der Waals surface area contributed by atoms with Crippen molar-refractivity contribution in [1.29, 1.82) is 0 Å². The minimum absolute atomic E-state index is 0.0543. The lowest BCUT2D eigenvalue weighted by molar-refractivity contribution is -0.138. The molecule has 2 aromatic heterocycles. The van der Waals surface area contributed by atoms with E-state index in [1.54, 1.807) is 24.4 Å². The summed E-state index contributed by atoms with van der Waals surface area (Å²) in [6, 6.07) is 10.2. The summed E-state index contributed by atoms with van der Waals surface area (Å²) in [5.41, 5.74) is 0.186. The Bertz CT molecular complexity index is 1110. The fraction of sp³-hybridized carbons (Fsp3) is 0.238. The second kappa shape index (κ2) is 8.46. The van der Waals surface area contributed by atoms with E-state index in [2.05, 4.69) is 20.0 Å². The average molecular weight is 446 g/mol. The fourth-order valence-electron chi connectivity index (χ4n) is 3.02. The Labute approximate surface area is 179 Å². The zero-order valence-electron chi connectivity index (χ0n) is 16.1. The molecule has 1 aromatic carbocycles. The monoisotopic (exact) mass is 446 g/mol. The Morgan fingerprint density at radius 1 is 1.10 bits per heavy atom. The molecular formula is C21H17F3N4O2S. The molecule has 10 heteroatoms. The lowest BCUT2D eigenvalue weighted by Crippen LogP contribution is -2.25. The van der Waals surface area contributed by atoms with Crippen LogP contribution in [-0.4, -0.2) is 21.2 Å². The molecule has 2 N–H and O–H groups in total. The van der Waals surface area contributed by atoms with Gasteiger partial charge in [0.1, 0.15) is 10.6 Å². The van der Waals surface area contributed by atoms with E-state index in [1.165, 1.54) is 18.2 Å². The third kappa shape index (κ3) is 4.74. The summed E-state index contributed by atoms with van der Waals surface area (Å²) < 4.78 is 43.9. The number of anilines is 1. The summed E-state index contributed by atoms with van der Waals surface area (Å²) in [7, 11) is 0. The number of hydrogen-bond donors (Lipinski definition) is 2. The van der Waals surface area contributed by atoms with Crippen molar-refractivity contribution >= 4 is 29.0 Å². The molecule has 0 aliphatic heterocycles. The van der Waals surface area contributed by atoms with E-state index in [0.29, 0.717) is 11.4 Å². The molecule has 0 unspecified atom stereocenters. The highest BCUT2D eigenvalue weighted by molar-refractivity contribution is 7.09. The van der Waals surface area contributed by atoms with E-state index in [4.69, 9.17) is 0 Å². The second-order valence-electron chi connectivity index (χ2n) is 7.05. The summed E-state index contributed by atoms with van der Waals surface area (Å²) in [4.78, 5) is 29.5. The highest BCUT2D eigenvalue weighted by Gasteiger charge is 2.34. The van der Waals surface area contributed by atoms with E-state index >= 15 is 0 Å². The predicted octanol–water partition coefficient (Wildman–Crippen LogP) is 4.50. The van der Waals surface area contributed by atoms with E-state index < -0.39 is 17.6 Å². The van der Waals surface area contributed by atoms with Crippen LogP contribution in [0.3, 0.4) is 0 Å². The van der Waals surface area contributed by atoms with Gasteiger partial charge in [0.15, 0.2) is 0 Å². The van der Waals surface area contributed by atoms with Crippen LogP contribution in [0.4, 0.5) is 18.9 Å². The number of amides is 2. The van der Waals surface area contributed by atoms with Gasteiger partial charge in [0, 0.05) is 18.7 Å². The van der Waals surface area contributed by atoms with Crippen molar-refractivity contribution < 1.29 is 22.8 Å². The zero-order chi connectivity index (χ0) is 22.0. The number of nitrogens with one attached hydrogen (secondary N) is 2. The van der Waals surface area contributed by atoms with Crippen molar-refractivity contribution in [3.8, 4) is 11.4 Å². The fourth-order valence-corrected chi connectivity index (χ4v) is 3.78. The molecule has 2 heterocycles. The molecule has 0 spiro atoms. The molecule has 1 fully saturated rings. The summed E-state index contributed by atoms with van der Waals surface area (Å²) >= 11 is 0.859. The van der Waals surface area contributed by atoms with Gasteiger partial charge in [-0.15, -0.1) is 0 Å². The number of carbonyl (C=O) groups is 2. The normalized spacial score (nSPS) is 13.6. The number of alkyl halides is 3. The van der Waals surface area contributed by atoms with E-state index in [9.17, 15) is 22.8 Å². The maximum absolute atomic E-state index is 13.2. The third-order valence-corrected chi connectivity index (χ3v) is 5.61. The van der Waals surface area contributed by atoms with Crippen LogP contribution in [0.1, 0.15) is 33.6 Å². The number of nitrogens with zero attached hydrogens (tertiary/aromatic N) is 2. The van der Waals surface area contributed by atoms with Crippen molar-refractivity contribution in [2.45, 2.75) is 25.6 Å². The zero-order valence-corrected chi connectivity index (χ0v) is 16.9. The number of rotatable bonds is 6. The van der Waals surface area contributed by atoms with Crippen molar-refractivity contribution in [2.24, 2.45) is 5.92 Å². The van der Waals surface area contributed by atoms with Crippen LogP contribution in [0.25, 0.3) is 11.4 Å². The molecule has 3 aromatic rings. The van der Waals surface area contributed by atoms with Crippen molar-refractivity contribution in [3.05, 3.63) is 64.7 Å². The molecule has 4 rings (SSSR count). The molecule has 31 heavy (non-hydrogen) atoms. The molecule has 1 aliphatic rings. The molecule has 0 saturated heterocycles. The first-order chi connectivity index (χ1) is 14.8. The molecule has 1 saturated carbocycles. The quantitative estimate of drug-likeness (QED) is 0.584.